The van der Waals surface area contributed by atoms with Gasteiger partial charge in [0.15, 0.2) is 0 Å². The third kappa shape index (κ3) is 10.9. The molecule has 1 amide bonds. The summed E-state index contributed by atoms with van der Waals surface area (Å²) in [5.41, 5.74) is 4.21. The highest BCUT2D eigenvalue weighted by molar-refractivity contribution is 7.80. The van der Waals surface area contributed by atoms with Gasteiger partial charge < -0.3 is 15.0 Å². The summed E-state index contributed by atoms with van der Waals surface area (Å²) in [5, 5.41) is 5.21. The number of hydrogen-bond acceptors (Lipinski definition) is 6. The molecule has 0 fully saturated rings. The molecule has 1 rings (SSSR count). The lowest BCUT2D eigenvalue weighted by atomic mass is 10.2. The summed E-state index contributed by atoms with van der Waals surface area (Å²) in [6.45, 7) is 11.8. The predicted molar refractivity (Wildman–Crippen MR) is 124 cm³/mol. The Kier molecular flexibility index (Phi) is 13.8. The monoisotopic (exact) mass is 424 g/mol. The van der Waals surface area contributed by atoms with Crippen LogP contribution in [-0.2, 0) is 11.3 Å². The Labute approximate surface area is 182 Å². The van der Waals surface area contributed by atoms with Crippen LogP contribution in [0.15, 0.2) is 24.3 Å². The van der Waals surface area contributed by atoms with E-state index in [1.54, 1.807) is 0 Å². The minimum atomic E-state index is 0.0741. The Morgan fingerprint density at radius 2 is 1.79 bits per heavy atom. The van der Waals surface area contributed by atoms with E-state index < -0.39 is 0 Å². The number of nitrogens with zero attached hydrogens (tertiary/aromatic N) is 2. The van der Waals surface area contributed by atoms with Crippen LogP contribution in [-0.4, -0.2) is 61.0 Å². The normalized spacial score (nSPS) is 12.4. The zero-order valence-electron chi connectivity index (χ0n) is 18.6. The maximum atomic E-state index is 12.1. The van der Waals surface area contributed by atoms with Gasteiger partial charge in [0.2, 0.25) is 5.91 Å². The highest BCUT2D eigenvalue weighted by Crippen LogP contribution is 2.13. The third-order valence-electron chi connectivity index (χ3n) is 5.01. The zero-order chi connectivity index (χ0) is 21.5. The lowest BCUT2D eigenvalue weighted by molar-refractivity contribution is -0.121. The number of carbonyl (C=O) groups is 1. The van der Waals surface area contributed by atoms with Gasteiger partial charge in [0.25, 0.3) is 0 Å². The van der Waals surface area contributed by atoms with Gasteiger partial charge in [-0.15, -0.1) is 0 Å². The zero-order valence-corrected chi connectivity index (χ0v) is 19.5. The lowest BCUT2D eigenvalue weighted by Crippen LogP contribution is -2.41. The number of hydrogen-bond donors (Lipinski definition) is 3. The molecule has 1 unspecified atom stereocenters. The Balaban J connectivity index is 2.23. The van der Waals surface area contributed by atoms with Crippen molar-refractivity contribution in [2.45, 2.75) is 58.4 Å². The van der Waals surface area contributed by atoms with E-state index in [1.165, 1.54) is 0 Å². The Morgan fingerprint density at radius 3 is 2.38 bits per heavy atom. The largest absolute Gasteiger partial charge is 0.494 e. The standard InChI is InChI=1S/C22H40N4O2S/c1-5-22(29)26(23-4)16-8-10-21(27)24-18-19-11-13-20(14-12-19)28-17-9-15-25(6-2)7-3/h11-14,22-23,29H,5-10,15-18H2,1-4H3,(H,24,27). The maximum absolute atomic E-state index is 12.1. The summed E-state index contributed by atoms with van der Waals surface area (Å²) in [5.74, 6) is 0.953. The molecule has 29 heavy (non-hydrogen) atoms. The molecule has 166 valence electrons. The van der Waals surface area contributed by atoms with Crippen molar-refractivity contribution in [1.29, 1.82) is 0 Å². The Hall–Kier alpha value is -1.28. The molecule has 7 heteroatoms. The molecule has 1 atom stereocenters. The minimum Gasteiger partial charge on any atom is -0.494 e. The van der Waals surface area contributed by atoms with E-state index in [0.29, 0.717) is 13.0 Å². The molecular weight excluding hydrogens is 384 g/mol. The number of benzene rings is 1. The van der Waals surface area contributed by atoms with E-state index in [-0.39, 0.29) is 11.3 Å². The van der Waals surface area contributed by atoms with Crippen LogP contribution in [0, 0.1) is 0 Å². The molecule has 0 saturated carbocycles. The molecule has 0 radical (unpaired) electrons. The van der Waals surface area contributed by atoms with Crippen LogP contribution >= 0.6 is 12.6 Å². The average Bonchev–Trinajstić information content (AvgIpc) is 2.75. The molecule has 0 spiro atoms. The van der Waals surface area contributed by atoms with Gasteiger partial charge in [-0.05, 0) is 57.1 Å². The number of rotatable bonds is 16. The molecule has 0 aliphatic carbocycles. The van der Waals surface area contributed by atoms with Crippen molar-refractivity contribution in [3.05, 3.63) is 29.8 Å². The summed E-state index contributed by atoms with van der Waals surface area (Å²) in [6.07, 6.45) is 3.28. The molecule has 1 aromatic rings. The summed E-state index contributed by atoms with van der Waals surface area (Å²) >= 11 is 4.52. The fraction of sp³-hybridized carbons (Fsp3) is 0.682. The highest BCUT2D eigenvalue weighted by atomic mass is 32.1. The first-order valence-corrected chi connectivity index (χ1v) is 11.4. The van der Waals surface area contributed by atoms with Gasteiger partial charge in [-0.25, -0.2) is 5.01 Å². The van der Waals surface area contributed by atoms with Crippen LogP contribution in [0.1, 0.15) is 52.0 Å². The molecule has 6 nitrogen and oxygen atoms in total. The molecule has 0 heterocycles. The van der Waals surface area contributed by atoms with Crippen LogP contribution < -0.4 is 15.5 Å². The second-order valence-electron chi connectivity index (χ2n) is 7.06. The topological polar surface area (TPSA) is 56.8 Å². The summed E-state index contributed by atoms with van der Waals surface area (Å²) in [4.78, 5) is 14.5. The maximum Gasteiger partial charge on any atom is 0.220 e. The molecule has 2 N–H and O–H groups in total. The first-order valence-electron chi connectivity index (χ1n) is 10.9. The van der Waals surface area contributed by atoms with Gasteiger partial charge in [-0.2, -0.15) is 12.6 Å². The van der Waals surface area contributed by atoms with E-state index in [0.717, 1.165) is 63.4 Å². The van der Waals surface area contributed by atoms with E-state index in [9.17, 15) is 4.79 Å². The van der Waals surface area contributed by atoms with Gasteiger partial charge in [-0.1, -0.05) is 32.9 Å². The fourth-order valence-electron chi connectivity index (χ4n) is 3.05. The minimum absolute atomic E-state index is 0.0741. The molecular formula is C22H40N4O2S. The van der Waals surface area contributed by atoms with Crippen LogP contribution in [0.3, 0.4) is 0 Å². The SMILES string of the molecule is CCC(S)N(CCCC(=O)NCc1ccc(OCCCN(CC)CC)cc1)NC. The second-order valence-corrected chi connectivity index (χ2v) is 7.66. The predicted octanol–water partition coefficient (Wildman–Crippen LogP) is 3.30. The fourth-order valence-corrected chi connectivity index (χ4v) is 3.28. The summed E-state index contributed by atoms with van der Waals surface area (Å²) in [6, 6.07) is 7.97. The van der Waals surface area contributed by atoms with Crippen molar-refractivity contribution < 1.29 is 9.53 Å². The van der Waals surface area contributed by atoms with Crippen LogP contribution in [0.2, 0.25) is 0 Å². The molecule has 0 aliphatic rings. The van der Waals surface area contributed by atoms with Gasteiger partial charge in [0.1, 0.15) is 5.75 Å². The number of ether oxygens (including phenoxy) is 1. The number of nitrogens with one attached hydrogen (secondary N) is 2. The van der Waals surface area contributed by atoms with Crippen LogP contribution in [0.25, 0.3) is 0 Å². The summed E-state index contributed by atoms with van der Waals surface area (Å²) < 4.78 is 5.81. The first-order chi connectivity index (χ1) is 14.0. The molecule has 0 aliphatic heterocycles. The Bertz CT molecular complexity index is 552. The van der Waals surface area contributed by atoms with Gasteiger partial charge >= 0.3 is 0 Å². The summed E-state index contributed by atoms with van der Waals surface area (Å²) in [7, 11) is 1.89. The number of thiol groups is 1. The average molecular weight is 425 g/mol. The van der Waals surface area contributed by atoms with Gasteiger partial charge in [0.05, 0.1) is 12.0 Å². The molecule has 0 bridgehead atoms. The number of amides is 1. The number of hydrazine groups is 1. The van der Waals surface area contributed by atoms with Crippen LogP contribution in [0.5, 0.6) is 5.75 Å². The van der Waals surface area contributed by atoms with E-state index in [2.05, 4.69) is 54.1 Å². The molecule has 0 aromatic heterocycles. The third-order valence-corrected chi connectivity index (χ3v) is 5.65. The van der Waals surface area contributed by atoms with Gasteiger partial charge in [-0.3, -0.25) is 10.2 Å². The van der Waals surface area contributed by atoms with Gasteiger partial charge in [0, 0.05) is 26.1 Å². The van der Waals surface area contributed by atoms with Crippen molar-refractivity contribution >= 4 is 18.5 Å². The molecule has 0 saturated heterocycles. The quantitative estimate of drug-likeness (QED) is 0.165. The smallest absolute Gasteiger partial charge is 0.220 e. The Morgan fingerprint density at radius 1 is 1.10 bits per heavy atom. The van der Waals surface area contributed by atoms with Crippen LogP contribution in [0.4, 0.5) is 0 Å². The number of carbonyl (C=O) groups excluding carboxylic acids is 1. The van der Waals surface area contributed by atoms with E-state index in [1.807, 2.05) is 31.3 Å². The van der Waals surface area contributed by atoms with Crippen molar-refractivity contribution in [2.24, 2.45) is 0 Å². The van der Waals surface area contributed by atoms with E-state index >= 15 is 0 Å². The highest BCUT2D eigenvalue weighted by Gasteiger charge is 2.11. The van der Waals surface area contributed by atoms with Crippen molar-refractivity contribution in [3.63, 3.8) is 0 Å². The van der Waals surface area contributed by atoms with Crippen molar-refractivity contribution in [3.8, 4) is 5.75 Å². The van der Waals surface area contributed by atoms with Crippen molar-refractivity contribution in [2.75, 3.05) is 39.8 Å². The molecule has 1 aromatic carbocycles. The van der Waals surface area contributed by atoms with E-state index in [4.69, 9.17) is 4.74 Å². The first kappa shape index (κ1) is 25.8. The lowest BCUT2D eigenvalue weighted by Gasteiger charge is -2.26. The second kappa shape index (κ2) is 15.5. The van der Waals surface area contributed by atoms with Crippen molar-refractivity contribution in [1.82, 2.24) is 20.7 Å².